The number of thioether (sulfide) groups is 2. The van der Waals surface area contributed by atoms with Gasteiger partial charge in [0.2, 0.25) is 0 Å². The van der Waals surface area contributed by atoms with E-state index in [9.17, 15) is 29.8 Å². The summed E-state index contributed by atoms with van der Waals surface area (Å²) in [6.45, 7) is 3.59. The molecule has 0 aliphatic carbocycles. The van der Waals surface area contributed by atoms with Gasteiger partial charge in [0.15, 0.2) is 0 Å². The number of nitrogens with zero attached hydrogens (tertiary/aromatic N) is 2. The first-order chi connectivity index (χ1) is 12.3. The van der Waals surface area contributed by atoms with Gasteiger partial charge in [0, 0.05) is 0 Å². The second-order valence-electron chi connectivity index (χ2n) is 4.49. The van der Waals surface area contributed by atoms with Crippen LogP contribution in [0.15, 0.2) is 21.9 Å². The van der Waals surface area contributed by atoms with Crippen molar-refractivity contribution in [2.24, 2.45) is 0 Å². The number of benzene rings is 1. The van der Waals surface area contributed by atoms with Crippen molar-refractivity contribution < 1.29 is 28.9 Å². The smallest absolute Gasteiger partial charge is 0.316 e. The van der Waals surface area contributed by atoms with Gasteiger partial charge >= 0.3 is 11.9 Å². The first kappa shape index (κ1) is 21.7. The van der Waals surface area contributed by atoms with E-state index in [4.69, 9.17) is 9.47 Å². The molecule has 0 aromatic heterocycles. The van der Waals surface area contributed by atoms with Gasteiger partial charge in [-0.3, -0.25) is 29.8 Å². The zero-order valence-corrected chi connectivity index (χ0v) is 15.6. The van der Waals surface area contributed by atoms with Gasteiger partial charge in [0.1, 0.15) is 0 Å². The summed E-state index contributed by atoms with van der Waals surface area (Å²) in [5.41, 5.74) is -0.988. The van der Waals surface area contributed by atoms with E-state index in [-0.39, 0.29) is 34.5 Å². The largest absolute Gasteiger partial charge is 0.465 e. The molecule has 0 N–H and O–H groups in total. The van der Waals surface area contributed by atoms with Crippen LogP contribution in [0, 0.1) is 20.2 Å². The standard InChI is InChI=1S/C14H16N2O8S2/c1-3-23-13(17)7-25-11-6-12(26-8-14(18)24-4-2)10(16(21)22)5-9(11)15(19)20/h5-6H,3-4,7-8H2,1-2H3. The number of ether oxygens (including phenoxy) is 2. The topological polar surface area (TPSA) is 139 Å². The molecule has 0 bridgehead atoms. The summed E-state index contributed by atoms with van der Waals surface area (Å²) in [6.07, 6.45) is 0. The fourth-order valence-corrected chi connectivity index (χ4v) is 3.49. The number of carbonyl (C=O) groups is 2. The van der Waals surface area contributed by atoms with Gasteiger partial charge in [0.25, 0.3) is 11.4 Å². The van der Waals surface area contributed by atoms with Crippen molar-refractivity contribution in [3.05, 3.63) is 32.4 Å². The van der Waals surface area contributed by atoms with Crippen LogP contribution in [0.4, 0.5) is 11.4 Å². The van der Waals surface area contributed by atoms with E-state index in [2.05, 4.69) is 0 Å². The lowest BCUT2D eigenvalue weighted by Crippen LogP contribution is -2.08. The Hall–Kier alpha value is -2.34. The fourth-order valence-electron chi connectivity index (χ4n) is 1.73. The van der Waals surface area contributed by atoms with E-state index < -0.39 is 33.2 Å². The Morgan fingerprint density at radius 2 is 1.27 bits per heavy atom. The van der Waals surface area contributed by atoms with Crippen LogP contribution in [-0.2, 0) is 19.1 Å². The Kier molecular flexibility index (Phi) is 8.85. The Morgan fingerprint density at radius 1 is 0.885 bits per heavy atom. The van der Waals surface area contributed by atoms with Crippen molar-refractivity contribution >= 4 is 46.8 Å². The molecule has 10 nitrogen and oxygen atoms in total. The lowest BCUT2D eigenvalue weighted by molar-refractivity contribution is -0.397. The van der Waals surface area contributed by atoms with Gasteiger partial charge in [-0.25, -0.2) is 0 Å². The molecule has 0 spiro atoms. The third-order valence-corrected chi connectivity index (χ3v) is 4.77. The molecule has 12 heteroatoms. The minimum Gasteiger partial charge on any atom is -0.465 e. The summed E-state index contributed by atoms with van der Waals surface area (Å²) < 4.78 is 9.52. The highest BCUT2D eigenvalue weighted by atomic mass is 32.2. The van der Waals surface area contributed by atoms with Crippen LogP contribution < -0.4 is 0 Å². The molecule has 0 heterocycles. The molecule has 0 radical (unpaired) electrons. The predicted octanol–water partition coefficient (Wildman–Crippen LogP) is 2.81. The predicted molar refractivity (Wildman–Crippen MR) is 94.5 cm³/mol. The molecule has 0 atom stereocenters. The van der Waals surface area contributed by atoms with Gasteiger partial charge < -0.3 is 9.47 Å². The van der Waals surface area contributed by atoms with Gasteiger partial charge in [-0.05, 0) is 19.9 Å². The molecule has 1 aromatic rings. The first-order valence-corrected chi connectivity index (χ1v) is 9.30. The van der Waals surface area contributed by atoms with Crippen molar-refractivity contribution in [2.75, 3.05) is 24.7 Å². The van der Waals surface area contributed by atoms with Gasteiger partial charge in [-0.2, -0.15) is 0 Å². The highest BCUT2D eigenvalue weighted by Gasteiger charge is 2.26. The monoisotopic (exact) mass is 404 g/mol. The molecule has 142 valence electrons. The van der Waals surface area contributed by atoms with Crippen molar-refractivity contribution in [3.63, 3.8) is 0 Å². The van der Waals surface area contributed by atoms with Crippen molar-refractivity contribution in [2.45, 2.75) is 23.6 Å². The van der Waals surface area contributed by atoms with Crippen LogP contribution in [0.3, 0.4) is 0 Å². The van der Waals surface area contributed by atoms with E-state index >= 15 is 0 Å². The maximum atomic E-state index is 11.5. The van der Waals surface area contributed by atoms with E-state index in [0.717, 1.165) is 29.6 Å². The second kappa shape index (κ2) is 10.6. The van der Waals surface area contributed by atoms with Crippen molar-refractivity contribution in [1.82, 2.24) is 0 Å². The first-order valence-electron chi connectivity index (χ1n) is 7.33. The fraction of sp³-hybridized carbons (Fsp3) is 0.429. The van der Waals surface area contributed by atoms with E-state index in [1.54, 1.807) is 13.8 Å². The second-order valence-corrected chi connectivity index (χ2v) is 6.52. The molecule has 0 amide bonds. The van der Waals surface area contributed by atoms with Crippen LogP contribution >= 0.6 is 23.5 Å². The molecule has 0 unspecified atom stereocenters. The number of hydrogen-bond acceptors (Lipinski definition) is 10. The van der Waals surface area contributed by atoms with Crippen LogP contribution in [0.5, 0.6) is 0 Å². The van der Waals surface area contributed by atoms with Crippen LogP contribution in [0.2, 0.25) is 0 Å². The molecule has 1 aromatic carbocycles. The number of esters is 2. The molecule has 0 saturated heterocycles. The van der Waals surface area contributed by atoms with E-state index in [0.29, 0.717) is 0 Å². The number of nitro benzene ring substituents is 2. The summed E-state index contributed by atoms with van der Waals surface area (Å²) in [7, 11) is 0. The summed E-state index contributed by atoms with van der Waals surface area (Å²) in [6, 6.07) is 2.05. The molecule has 0 aliphatic heterocycles. The Morgan fingerprint density at radius 3 is 1.58 bits per heavy atom. The third kappa shape index (κ3) is 6.52. The average molecular weight is 404 g/mol. The van der Waals surface area contributed by atoms with Gasteiger partial charge in [0.05, 0.1) is 50.4 Å². The molecule has 0 aliphatic rings. The number of hydrogen-bond donors (Lipinski definition) is 0. The van der Waals surface area contributed by atoms with Crippen molar-refractivity contribution in [3.8, 4) is 0 Å². The van der Waals surface area contributed by atoms with Gasteiger partial charge in [-0.1, -0.05) is 0 Å². The normalized spacial score (nSPS) is 10.2. The zero-order chi connectivity index (χ0) is 19.7. The Bertz CT molecular complexity index is 655. The minimum absolute atomic E-state index is 0.0695. The summed E-state index contributed by atoms with van der Waals surface area (Å²) in [4.78, 5) is 43.9. The van der Waals surface area contributed by atoms with Gasteiger partial charge in [-0.15, -0.1) is 23.5 Å². The quantitative estimate of drug-likeness (QED) is 0.247. The molecule has 26 heavy (non-hydrogen) atoms. The molecule has 1 rings (SSSR count). The highest BCUT2D eigenvalue weighted by Crippen LogP contribution is 2.39. The lowest BCUT2D eigenvalue weighted by atomic mass is 10.3. The summed E-state index contributed by atoms with van der Waals surface area (Å²) in [5.74, 6) is -1.50. The van der Waals surface area contributed by atoms with Crippen molar-refractivity contribution in [1.29, 1.82) is 0 Å². The number of nitro groups is 2. The molecule has 0 fully saturated rings. The van der Waals surface area contributed by atoms with E-state index in [1.807, 2.05) is 0 Å². The summed E-state index contributed by atoms with van der Waals surface area (Å²) >= 11 is 1.67. The molecule has 0 saturated carbocycles. The summed E-state index contributed by atoms with van der Waals surface area (Å²) in [5, 5.41) is 22.4. The third-order valence-electron chi connectivity index (χ3n) is 2.74. The maximum absolute atomic E-state index is 11.5. The molecular formula is C14H16N2O8S2. The highest BCUT2D eigenvalue weighted by molar-refractivity contribution is 8.00. The van der Waals surface area contributed by atoms with Crippen LogP contribution in [-0.4, -0.2) is 46.5 Å². The number of rotatable bonds is 10. The van der Waals surface area contributed by atoms with Crippen LogP contribution in [0.1, 0.15) is 13.8 Å². The van der Waals surface area contributed by atoms with E-state index in [1.165, 1.54) is 6.07 Å². The van der Waals surface area contributed by atoms with Crippen LogP contribution in [0.25, 0.3) is 0 Å². The zero-order valence-electron chi connectivity index (χ0n) is 14.0. The Balaban J connectivity index is 3.15. The molecular weight excluding hydrogens is 388 g/mol. The maximum Gasteiger partial charge on any atom is 0.316 e. The SMILES string of the molecule is CCOC(=O)CSc1cc(SCC(=O)OCC)c([N+](=O)[O-])cc1[N+](=O)[O-]. The minimum atomic E-state index is -0.764. The Labute approximate surface area is 156 Å². The number of carbonyl (C=O) groups excluding carboxylic acids is 2. The lowest BCUT2D eigenvalue weighted by Gasteiger charge is -2.07. The average Bonchev–Trinajstić information content (AvgIpc) is 2.57.